The summed E-state index contributed by atoms with van der Waals surface area (Å²) < 4.78 is 22.1. The second-order valence-electron chi connectivity index (χ2n) is 7.68. The van der Waals surface area contributed by atoms with Crippen molar-refractivity contribution in [3.8, 4) is 29.1 Å². The molecule has 0 aromatic heterocycles. The van der Waals surface area contributed by atoms with E-state index in [0.717, 1.165) is 11.1 Å². The third-order valence-electron chi connectivity index (χ3n) is 5.21. The molecule has 3 rings (SSSR count). The zero-order valence-electron chi connectivity index (χ0n) is 20.6. The molecule has 0 atom stereocenters. The van der Waals surface area contributed by atoms with Crippen molar-refractivity contribution in [3.63, 3.8) is 0 Å². The van der Waals surface area contributed by atoms with Crippen molar-refractivity contribution < 1.29 is 23.7 Å². The predicted molar refractivity (Wildman–Crippen MR) is 141 cm³/mol. The number of nitrogens with zero attached hydrogens (tertiary/aromatic N) is 1. The van der Waals surface area contributed by atoms with E-state index in [4.69, 9.17) is 30.5 Å². The van der Waals surface area contributed by atoms with E-state index in [9.17, 15) is 10.1 Å². The van der Waals surface area contributed by atoms with Gasteiger partial charge in [0.15, 0.2) is 29.6 Å². The van der Waals surface area contributed by atoms with Gasteiger partial charge in [-0.15, -0.1) is 0 Å². The van der Waals surface area contributed by atoms with Gasteiger partial charge >= 0.3 is 0 Å². The summed E-state index contributed by atoms with van der Waals surface area (Å²) in [5, 5.41) is 13.1. The Balaban J connectivity index is 1.77. The van der Waals surface area contributed by atoms with Crippen molar-refractivity contribution in [2.45, 2.75) is 13.8 Å². The van der Waals surface area contributed by atoms with Gasteiger partial charge in [0.25, 0.3) is 5.91 Å². The molecular weight excluding hydrogens is 480 g/mol. The van der Waals surface area contributed by atoms with Gasteiger partial charge in [-0.1, -0.05) is 23.7 Å². The topological polar surface area (TPSA) is 89.8 Å². The lowest BCUT2D eigenvalue weighted by Gasteiger charge is -2.13. The highest BCUT2D eigenvalue weighted by molar-refractivity contribution is 6.31. The number of benzene rings is 3. The maximum Gasteiger partial charge on any atom is 0.262 e. The molecule has 0 fully saturated rings. The summed E-state index contributed by atoms with van der Waals surface area (Å²) in [5.74, 6) is 1.65. The highest BCUT2D eigenvalue weighted by Crippen LogP contribution is 2.33. The van der Waals surface area contributed by atoms with Gasteiger partial charge in [-0.3, -0.25) is 4.79 Å². The summed E-state index contributed by atoms with van der Waals surface area (Å²) >= 11 is 6.12. The van der Waals surface area contributed by atoms with Crippen molar-refractivity contribution in [1.82, 2.24) is 0 Å². The number of anilines is 1. The van der Waals surface area contributed by atoms with Gasteiger partial charge in [0.05, 0.1) is 32.5 Å². The number of ether oxygens (including phenoxy) is 4. The van der Waals surface area contributed by atoms with Crippen molar-refractivity contribution in [2.24, 2.45) is 0 Å². The second-order valence-corrected chi connectivity index (χ2v) is 8.09. The molecule has 0 saturated heterocycles. The van der Waals surface area contributed by atoms with Crippen molar-refractivity contribution in [2.75, 3.05) is 32.8 Å². The van der Waals surface area contributed by atoms with Crippen LogP contribution in [-0.4, -0.2) is 33.3 Å². The first kappa shape index (κ1) is 26.5. The summed E-state index contributed by atoms with van der Waals surface area (Å²) in [4.78, 5) is 12.4. The molecule has 7 nitrogen and oxygen atoms in total. The van der Waals surface area contributed by atoms with Crippen molar-refractivity contribution >= 4 is 34.8 Å². The third-order valence-corrected chi connectivity index (χ3v) is 5.62. The highest BCUT2D eigenvalue weighted by Gasteiger charge is 2.12. The van der Waals surface area contributed by atoms with E-state index in [1.165, 1.54) is 0 Å². The van der Waals surface area contributed by atoms with E-state index in [0.29, 0.717) is 51.5 Å². The third kappa shape index (κ3) is 6.71. The molecule has 8 heteroatoms. The van der Waals surface area contributed by atoms with Crippen LogP contribution in [0, 0.1) is 18.3 Å². The summed E-state index contributed by atoms with van der Waals surface area (Å²) in [7, 11) is 3.10. The number of allylic oxidation sites excluding steroid dienone is 1. The fraction of sp³-hybridized carbons (Fsp3) is 0.214. The molecule has 0 spiro atoms. The normalized spacial score (nSPS) is 10.8. The Kier molecular flexibility index (Phi) is 9.20. The second kappa shape index (κ2) is 12.5. The SMILES string of the molecule is CCOc1cc(/C=C(\C#N)c2ccc(OC)c(OC)c2)ccc1OCC(=O)Nc1ccc(C)c(Cl)c1. The first-order valence-electron chi connectivity index (χ1n) is 11.2. The van der Waals surface area contributed by atoms with Gasteiger partial charge in [0, 0.05) is 10.7 Å². The van der Waals surface area contributed by atoms with Crippen molar-refractivity contribution in [3.05, 3.63) is 76.3 Å². The predicted octanol–water partition coefficient (Wildman–Crippen LogP) is 6.15. The molecular formula is C28H27ClN2O5. The Morgan fingerprint density at radius 1 is 0.972 bits per heavy atom. The van der Waals surface area contributed by atoms with Gasteiger partial charge in [0.1, 0.15) is 0 Å². The summed E-state index contributed by atoms with van der Waals surface area (Å²) in [6.07, 6.45) is 1.74. The number of rotatable bonds is 10. The molecule has 3 aromatic carbocycles. The quantitative estimate of drug-likeness (QED) is 0.262. The number of aryl methyl sites for hydroxylation is 1. The molecule has 0 saturated carbocycles. The molecule has 186 valence electrons. The number of amides is 1. The van der Waals surface area contributed by atoms with Gasteiger partial charge in [-0.2, -0.15) is 5.26 Å². The number of carbonyl (C=O) groups excluding carboxylic acids is 1. The van der Waals surface area contributed by atoms with E-state index in [1.807, 2.05) is 19.9 Å². The zero-order valence-corrected chi connectivity index (χ0v) is 21.3. The molecule has 0 aliphatic heterocycles. The Morgan fingerprint density at radius 3 is 2.39 bits per heavy atom. The molecule has 0 unspecified atom stereocenters. The minimum atomic E-state index is -0.332. The highest BCUT2D eigenvalue weighted by atomic mass is 35.5. The van der Waals surface area contributed by atoms with E-state index in [1.54, 1.807) is 68.8 Å². The van der Waals surface area contributed by atoms with E-state index in [2.05, 4.69) is 11.4 Å². The first-order chi connectivity index (χ1) is 17.4. The number of methoxy groups -OCH3 is 2. The van der Waals surface area contributed by atoms with Crippen LogP contribution >= 0.6 is 11.6 Å². The van der Waals surface area contributed by atoms with Crippen LogP contribution in [0.4, 0.5) is 5.69 Å². The lowest BCUT2D eigenvalue weighted by Crippen LogP contribution is -2.20. The van der Waals surface area contributed by atoms with Crippen LogP contribution in [0.2, 0.25) is 5.02 Å². The molecule has 0 radical (unpaired) electrons. The van der Waals surface area contributed by atoms with Crippen molar-refractivity contribution in [1.29, 1.82) is 5.26 Å². The fourth-order valence-corrected chi connectivity index (χ4v) is 3.54. The lowest BCUT2D eigenvalue weighted by molar-refractivity contribution is -0.118. The number of halogens is 1. The molecule has 1 N–H and O–H groups in total. The maximum atomic E-state index is 12.4. The summed E-state index contributed by atoms with van der Waals surface area (Å²) in [5.41, 5.74) is 3.36. The Labute approximate surface area is 215 Å². The van der Waals surface area contributed by atoms with Crippen LogP contribution in [0.3, 0.4) is 0 Å². The number of hydrogen-bond donors (Lipinski definition) is 1. The zero-order chi connectivity index (χ0) is 26.1. The standard InChI is InChI=1S/C28H27ClN2O5/c1-5-35-27-13-19(12-21(16-30)20-8-11-24(33-3)26(14-20)34-4)7-10-25(27)36-17-28(32)31-22-9-6-18(2)23(29)15-22/h6-15H,5,17H2,1-4H3,(H,31,32)/b21-12+. The number of nitrogens with one attached hydrogen (secondary N) is 1. The Hall–Kier alpha value is -4.15. The fourth-order valence-electron chi connectivity index (χ4n) is 3.36. The molecule has 1 amide bonds. The molecule has 0 heterocycles. The van der Waals surface area contributed by atoms with Gasteiger partial charge in [-0.25, -0.2) is 0 Å². The molecule has 36 heavy (non-hydrogen) atoms. The van der Waals surface area contributed by atoms with Crippen LogP contribution in [0.5, 0.6) is 23.0 Å². The van der Waals surface area contributed by atoms with Crippen LogP contribution in [0.25, 0.3) is 11.6 Å². The minimum absolute atomic E-state index is 0.212. The average Bonchev–Trinajstić information content (AvgIpc) is 2.88. The average molecular weight is 507 g/mol. The molecule has 3 aromatic rings. The first-order valence-corrected chi connectivity index (χ1v) is 11.6. The molecule has 0 aliphatic rings. The van der Waals surface area contributed by atoms with Crippen LogP contribution < -0.4 is 24.3 Å². The number of carbonyl (C=O) groups is 1. The maximum absolute atomic E-state index is 12.4. The molecule has 0 aliphatic carbocycles. The minimum Gasteiger partial charge on any atom is -0.493 e. The smallest absolute Gasteiger partial charge is 0.262 e. The number of hydrogen-bond acceptors (Lipinski definition) is 6. The van der Waals surface area contributed by atoms with E-state index < -0.39 is 0 Å². The van der Waals surface area contributed by atoms with Gasteiger partial charge in [0.2, 0.25) is 0 Å². The van der Waals surface area contributed by atoms with Gasteiger partial charge in [-0.05, 0) is 79.1 Å². The Morgan fingerprint density at radius 2 is 1.72 bits per heavy atom. The summed E-state index contributed by atoms with van der Waals surface area (Å²) in [6.45, 7) is 3.93. The summed E-state index contributed by atoms with van der Waals surface area (Å²) in [6, 6.07) is 18.0. The molecule has 0 bridgehead atoms. The largest absolute Gasteiger partial charge is 0.493 e. The van der Waals surface area contributed by atoms with Gasteiger partial charge < -0.3 is 24.3 Å². The van der Waals surface area contributed by atoms with Crippen LogP contribution in [0.1, 0.15) is 23.6 Å². The Bertz CT molecular complexity index is 1310. The number of nitriles is 1. The lowest BCUT2D eigenvalue weighted by atomic mass is 10.0. The van der Waals surface area contributed by atoms with E-state index in [-0.39, 0.29) is 12.5 Å². The van der Waals surface area contributed by atoms with E-state index >= 15 is 0 Å². The van der Waals surface area contributed by atoms with Crippen LogP contribution in [-0.2, 0) is 4.79 Å². The monoisotopic (exact) mass is 506 g/mol. The van der Waals surface area contributed by atoms with Crippen LogP contribution in [0.15, 0.2) is 54.6 Å².